The summed E-state index contributed by atoms with van der Waals surface area (Å²) in [6, 6.07) is 10.7. The molecule has 0 unspecified atom stereocenters. The van der Waals surface area contributed by atoms with E-state index in [0.29, 0.717) is 11.8 Å². The number of rotatable bonds is 3. The smallest absolute Gasteiger partial charge is 0.129 e. The molecule has 0 saturated carbocycles. The highest BCUT2D eigenvalue weighted by Crippen LogP contribution is 2.25. The van der Waals surface area contributed by atoms with E-state index in [-0.39, 0.29) is 5.78 Å². The van der Waals surface area contributed by atoms with Crippen molar-refractivity contribution in [1.82, 2.24) is 0 Å². The van der Waals surface area contributed by atoms with Gasteiger partial charge in [-0.1, -0.05) is 58.0 Å². The Morgan fingerprint density at radius 2 is 1.56 bits per heavy atom. The lowest BCUT2D eigenvalue weighted by Gasteiger charge is -2.22. The van der Waals surface area contributed by atoms with Gasteiger partial charge in [0.25, 0.3) is 0 Å². The molecule has 0 bridgehead atoms. The summed E-state index contributed by atoms with van der Waals surface area (Å²) >= 11 is 0. The third-order valence-electron chi connectivity index (χ3n) is 2.94. The van der Waals surface area contributed by atoms with E-state index in [4.69, 9.17) is 0 Å². The fourth-order valence-corrected chi connectivity index (χ4v) is 1.09. The SMILES string of the molecule is CCC(C)(C)c1ccccc1.CCC(C)=O. The maximum absolute atomic E-state index is 9.81. The number of carbonyl (C=O) groups excluding carboxylic acids is 1. The minimum atomic E-state index is 0.255. The average Bonchev–Trinajstić information content (AvgIpc) is 2.31. The zero-order valence-electron chi connectivity index (χ0n) is 11.2. The molecule has 0 fully saturated rings. The van der Waals surface area contributed by atoms with Gasteiger partial charge in [0.05, 0.1) is 0 Å². The van der Waals surface area contributed by atoms with Crippen LogP contribution in [0.2, 0.25) is 0 Å². The largest absolute Gasteiger partial charge is 0.300 e. The summed E-state index contributed by atoms with van der Waals surface area (Å²) in [5, 5.41) is 0. The van der Waals surface area contributed by atoms with E-state index in [0.717, 1.165) is 0 Å². The van der Waals surface area contributed by atoms with Crippen LogP contribution in [0.5, 0.6) is 0 Å². The van der Waals surface area contributed by atoms with Crippen molar-refractivity contribution in [2.45, 2.75) is 52.9 Å². The van der Waals surface area contributed by atoms with E-state index < -0.39 is 0 Å². The van der Waals surface area contributed by atoms with Crippen LogP contribution in [0.3, 0.4) is 0 Å². The molecule has 16 heavy (non-hydrogen) atoms. The predicted molar refractivity (Wildman–Crippen MR) is 70.7 cm³/mol. The van der Waals surface area contributed by atoms with Crippen molar-refractivity contribution >= 4 is 5.78 Å². The molecule has 0 radical (unpaired) electrons. The Kier molecular flexibility index (Phi) is 6.71. The second-order valence-corrected chi connectivity index (χ2v) is 4.66. The quantitative estimate of drug-likeness (QED) is 0.739. The molecule has 0 spiro atoms. The Hall–Kier alpha value is -1.11. The monoisotopic (exact) mass is 220 g/mol. The van der Waals surface area contributed by atoms with Crippen LogP contribution in [-0.2, 0) is 10.2 Å². The molecule has 0 aliphatic heterocycles. The topological polar surface area (TPSA) is 17.1 Å². The van der Waals surface area contributed by atoms with Gasteiger partial charge in [-0.05, 0) is 24.3 Å². The Morgan fingerprint density at radius 1 is 1.12 bits per heavy atom. The van der Waals surface area contributed by atoms with Gasteiger partial charge in [-0.15, -0.1) is 0 Å². The lowest BCUT2D eigenvalue weighted by Crippen LogP contribution is -2.14. The van der Waals surface area contributed by atoms with Gasteiger partial charge in [0, 0.05) is 6.42 Å². The lowest BCUT2D eigenvalue weighted by molar-refractivity contribution is -0.116. The highest BCUT2D eigenvalue weighted by atomic mass is 16.1. The van der Waals surface area contributed by atoms with Gasteiger partial charge in [-0.2, -0.15) is 0 Å². The van der Waals surface area contributed by atoms with Gasteiger partial charge in [-0.3, -0.25) is 0 Å². The second-order valence-electron chi connectivity index (χ2n) is 4.66. The summed E-state index contributed by atoms with van der Waals surface area (Å²) in [7, 11) is 0. The maximum Gasteiger partial charge on any atom is 0.129 e. The lowest BCUT2D eigenvalue weighted by atomic mass is 9.82. The molecule has 0 aromatic heterocycles. The molecule has 0 aliphatic carbocycles. The molecule has 0 saturated heterocycles. The number of carbonyl (C=O) groups is 1. The predicted octanol–water partition coefficient (Wildman–Crippen LogP) is 4.36. The molecule has 1 aromatic rings. The Bertz CT molecular complexity index is 298. The molecule has 1 aromatic carbocycles. The molecule has 1 rings (SSSR count). The van der Waals surface area contributed by atoms with Crippen molar-refractivity contribution in [1.29, 1.82) is 0 Å². The van der Waals surface area contributed by atoms with Crippen LogP contribution in [0.25, 0.3) is 0 Å². The third-order valence-corrected chi connectivity index (χ3v) is 2.94. The van der Waals surface area contributed by atoms with E-state index in [9.17, 15) is 4.79 Å². The average molecular weight is 220 g/mol. The van der Waals surface area contributed by atoms with Crippen molar-refractivity contribution < 1.29 is 4.79 Å². The van der Waals surface area contributed by atoms with Crippen LogP contribution in [0.4, 0.5) is 0 Å². The summed E-state index contributed by atoms with van der Waals surface area (Å²) in [5.74, 6) is 0.255. The molecule has 0 atom stereocenters. The summed E-state index contributed by atoms with van der Waals surface area (Å²) in [6.45, 7) is 10.2. The van der Waals surface area contributed by atoms with Crippen LogP contribution in [-0.4, -0.2) is 5.78 Å². The van der Waals surface area contributed by atoms with Gasteiger partial charge in [0.15, 0.2) is 0 Å². The number of hydrogen-bond donors (Lipinski definition) is 0. The van der Waals surface area contributed by atoms with Crippen LogP contribution in [0.15, 0.2) is 30.3 Å². The second kappa shape index (κ2) is 7.21. The van der Waals surface area contributed by atoms with Gasteiger partial charge < -0.3 is 4.79 Å². The van der Waals surface area contributed by atoms with Gasteiger partial charge in [0.1, 0.15) is 5.78 Å². The van der Waals surface area contributed by atoms with Gasteiger partial charge >= 0.3 is 0 Å². The van der Waals surface area contributed by atoms with Crippen molar-refractivity contribution in [3.05, 3.63) is 35.9 Å². The van der Waals surface area contributed by atoms with E-state index in [2.05, 4.69) is 51.1 Å². The summed E-state index contributed by atoms with van der Waals surface area (Å²) in [5.41, 5.74) is 1.77. The molecule has 0 heterocycles. The molecule has 90 valence electrons. The normalized spacial score (nSPS) is 10.3. The number of Topliss-reactive ketones (excluding diaryl/α,β-unsaturated/α-hetero) is 1. The number of benzene rings is 1. The van der Waals surface area contributed by atoms with E-state index in [1.54, 1.807) is 6.92 Å². The zero-order valence-corrected chi connectivity index (χ0v) is 11.2. The van der Waals surface area contributed by atoms with E-state index >= 15 is 0 Å². The Balaban J connectivity index is 0.000000385. The van der Waals surface area contributed by atoms with Crippen LogP contribution < -0.4 is 0 Å². The highest BCUT2D eigenvalue weighted by molar-refractivity contribution is 5.74. The van der Waals surface area contributed by atoms with Crippen molar-refractivity contribution in [3.8, 4) is 0 Å². The Labute approximate surface area is 99.9 Å². The fraction of sp³-hybridized carbons (Fsp3) is 0.533. The van der Waals surface area contributed by atoms with E-state index in [1.165, 1.54) is 12.0 Å². The standard InChI is InChI=1S/C11H16.C4H8O/c1-4-11(2,3)10-8-6-5-7-9-10;1-3-4(2)5/h5-9H,4H2,1-3H3;3H2,1-2H3. The summed E-state index contributed by atoms with van der Waals surface area (Å²) in [6.07, 6.45) is 1.86. The Morgan fingerprint density at radius 3 is 1.88 bits per heavy atom. The van der Waals surface area contributed by atoms with Gasteiger partial charge in [0.2, 0.25) is 0 Å². The molecule has 0 N–H and O–H groups in total. The summed E-state index contributed by atoms with van der Waals surface area (Å²) < 4.78 is 0. The molecule has 0 amide bonds. The first-order chi connectivity index (χ1) is 7.44. The van der Waals surface area contributed by atoms with E-state index in [1.807, 2.05) is 6.92 Å². The minimum absolute atomic E-state index is 0.255. The molecular weight excluding hydrogens is 196 g/mol. The first kappa shape index (κ1) is 14.9. The molecule has 0 aliphatic rings. The fourth-order valence-electron chi connectivity index (χ4n) is 1.09. The van der Waals surface area contributed by atoms with Crippen molar-refractivity contribution in [3.63, 3.8) is 0 Å². The van der Waals surface area contributed by atoms with Gasteiger partial charge in [-0.25, -0.2) is 0 Å². The first-order valence-corrected chi connectivity index (χ1v) is 5.99. The molecule has 1 nitrogen and oxygen atoms in total. The zero-order chi connectivity index (χ0) is 12.6. The highest BCUT2D eigenvalue weighted by Gasteiger charge is 2.16. The van der Waals surface area contributed by atoms with Crippen LogP contribution in [0.1, 0.15) is 53.0 Å². The number of hydrogen-bond acceptors (Lipinski definition) is 1. The summed E-state index contributed by atoms with van der Waals surface area (Å²) in [4.78, 5) is 9.81. The maximum atomic E-state index is 9.81. The van der Waals surface area contributed by atoms with Crippen LogP contribution in [0, 0.1) is 0 Å². The molecular formula is C15H24O. The van der Waals surface area contributed by atoms with Crippen LogP contribution >= 0.6 is 0 Å². The van der Waals surface area contributed by atoms with Crippen molar-refractivity contribution in [2.75, 3.05) is 0 Å². The van der Waals surface area contributed by atoms with Crippen molar-refractivity contribution in [2.24, 2.45) is 0 Å². The first-order valence-electron chi connectivity index (χ1n) is 5.99. The minimum Gasteiger partial charge on any atom is -0.300 e. The molecule has 1 heteroatoms. The number of ketones is 1. The third kappa shape index (κ3) is 5.69.